The maximum atomic E-state index is 14.2. The maximum absolute atomic E-state index is 14.2. The third-order valence-electron chi connectivity index (χ3n) is 6.13. The van der Waals surface area contributed by atoms with Gasteiger partial charge in [0.25, 0.3) is 5.91 Å². The first-order valence-corrected chi connectivity index (χ1v) is 11.8. The van der Waals surface area contributed by atoms with Crippen LogP contribution < -0.4 is 29.9 Å². The molecular formula is C25H19F5N4O3S. The Morgan fingerprint density at radius 2 is 1.34 bits per heavy atom. The molecule has 2 heterocycles. The van der Waals surface area contributed by atoms with Gasteiger partial charge in [-0.2, -0.15) is 0 Å². The number of fused-ring (bicyclic) bond motifs is 1. The van der Waals surface area contributed by atoms with E-state index >= 15 is 0 Å². The molecule has 2 aliphatic rings. The van der Waals surface area contributed by atoms with Crippen molar-refractivity contribution in [1.29, 1.82) is 0 Å². The monoisotopic (exact) mass is 550 g/mol. The molecule has 0 spiro atoms. The van der Waals surface area contributed by atoms with Crippen molar-refractivity contribution < 1.29 is 36.2 Å². The van der Waals surface area contributed by atoms with Gasteiger partial charge in [-0.25, -0.2) is 22.0 Å². The molecular weight excluding hydrogens is 531 g/mol. The van der Waals surface area contributed by atoms with Crippen molar-refractivity contribution in [3.05, 3.63) is 77.1 Å². The minimum atomic E-state index is -2.18. The van der Waals surface area contributed by atoms with Gasteiger partial charge < -0.3 is 24.6 Å². The average Bonchev–Trinajstić information content (AvgIpc) is 3.40. The zero-order valence-electron chi connectivity index (χ0n) is 19.5. The van der Waals surface area contributed by atoms with Crippen LogP contribution in [-0.4, -0.2) is 44.0 Å². The number of ether oxygens (including phenoxy) is 2. The van der Waals surface area contributed by atoms with Crippen LogP contribution in [0.15, 0.2) is 42.5 Å². The molecule has 0 unspecified atom stereocenters. The molecule has 0 bridgehead atoms. The highest BCUT2D eigenvalue weighted by Gasteiger charge is 2.30. The minimum absolute atomic E-state index is 0.0499. The van der Waals surface area contributed by atoms with E-state index in [0.717, 1.165) is 10.6 Å². The van der Waals surface area contributed by atoms with E-state index in [1.165, 1.54) is 0 Å². The number of rotatable bonds is 4. The molecule has 1 amide bonds. The third-order valence-corrected chi connectivity index (χ3v) is 6.34. The van der Waals surface area contributed by atoms with Crippen molar-refractivity contribution in [2.24, 2.45) is 0 Å². The van der Waals surface area contributed by atoms with Crippen LogP contribution >= 0.6 is 12.2 Å². The Bertz CT molecular complexity index is 1390. The molecule has 38 heavy (non-hydrogen) atoms. The summed E-state index contributed by atoms with van der Waals surface area (Å²) < 4.78 is 79.3. The van der Waals surface area contributed by atoms with Gasteiger partial charge in [0.15, 0.2) is 39.9 Å². The van der Waals surface area contributed by atoms with Gasteiger partial charge >= 0.3 is 0 Å². The topological polar surface area (TPSA) is 66.1 Å². The zero-order valence-corrected chi connectivity index (χ0v) is 20.3. The zero-order chi connectivity index (χ0) is 27.0. The van der Waals surface area contributed by atoms with Crippen LogP contribution in [0.3, 0.4) is 0 Å². The molecule has 0 aliphatic carbocycles. The number of carbonyl (C=O) groups is 1. The van der Waals surface area contributed by atoms with Crippen molar-refractivity contribution in [3.8, 4) is 11.5 Å². The fraction of sp³-hybridized carbons (Fsp3) is 0.200. The molecule has 1 fully saturated rings. The van der Waals surface area contributed by atoms with E-state index in [1.54, 1.807) is 42.5 Å². The Balaban J connectivity index is 1.17. The molecule has 0 saturated carbocycles. The van der Waals surface area contributed by atoms with Crippen LogP contribution in [0.1, 0.15) is 10.4 Å². The second kappa shape index (κ2) is 10.3. The SMILES string of the molecule is O=C(NC(=S)Nc1ccc(N2CCN(c3c(F)c(F)c(F)c(F)c3F)CC2)cc1)c1ccc2c(c1)OCO2. The second-order valence-electron chi connectivity index (χ2n) is 8.42. The van der Waals surface area contributed by atoms with Crippen molar-refractivity contribution in [2.45, 2.75) is 0 Å². The number of piperazine rings is 1. The van der Waals surface area contributed by atoms with Gasteiger partial charge in [-0.3, -0.25) is 10.1 Å². The molecule has 0 radical (unpaired) electrons. The first-order valence-electron chi connectivity index (χ1n) is 11.4. The summed E-state index contributed by atoms with van der Waals surface area (Å²) in [4.78, 5) is 15.5. The van der Waals surface area contributed by atoms with Crippen LogP contribution in [0.25, 0.3) is 0 Å². The van der Waals surface area contributed by atoms with Crippen LogP contribution in [-0.2, 0) is 0 Å². The van der Waals surface area contributed by atoms with Crippen molar-refractivity contribution in [1.82, 2.24) is 5.32 Å². The van der Waals surface area contributed by atoms with Crippen LogP contribution in [0, 0.1) is 29.1 Å². The number of thiocarbonyl (C=S) groups is 1. The van der Waals surface area contributed by atoms with E-state index in [1.807, 2.05) is 4.90 Å². The number of anilines is 3. The highest BCUT2D eigenvalue weighted by Crippen LogP contribution is 2.33. The number of amides is 1. The summed E-state index contributed by atoms with van der Waals surface area (Å²) in [5.41, 5.74) is 0.809. The number of carbonyl (C=O) groups excluding carboxylic acids is 1. The van der Waals surface area contributed by atoms with Gasteiger partial charge in [0.05, 0.1) is 0 Å². The predicted octanol–water partition coefficient (Wildman–Crippen LogP) is 4.56. The molecule has 13 heteroatoms. The third kappa shape index (κ3) is 4.88. The summed E-state index contributed by atoms with van der Waals surface area (Å²) in [5, 5.41) is 5.58. The molecule has 0 aromatic heterocycles. The molecule has 1 saturated heterocycles. The average molecular weight is 551 g/mol. The smallest absolute Gasteiger partial charge is 0.257 e. The Labute approximate surface area is 218 Å². The van der Waals surface area contributed by atoms with Crippen molar-refractivity contribution in [3.63, 3.8) is 0 Å². The summed E-state index contributed by atoms with van der Waals surface area (Å²) >= 11 is 5.22. The maximum Gasteiger partial charge on any atom is 0.257 e. The molecule has 2 N–H and O–H groups in total. The minimum Gasteiger partial charge on any atom is -0.454 e. The van der Waals surface area contributed by atoms with E-state index < -0.39 is 40.7 Å². The molecule has 2 aliphatic heterocycles. The summed E-state index contributed by atoms with van der Waals surface area (Å²) in [6, 6.07) is 11.8. The lowest BCUT2D eigenvalue weighted by molar-refractivity contribution is 0.0977. The molecule has 3 aromatic rings. The largest absolute Gasteiger partial charge is 0.454 e. The van der Waals surface area contributed by atoms with Crippen molar-refractivity contribution >= 4 is 40.3 Å². The molecule has 0 atom stereocenters. The fourth-order valence-corrected chi connectivity index (χ4v) is 4.40. The van der Waals surface area contributed by atoms with E-state index in [2.05, 4.69) is 10.6 Å². The van der Waals surface area contributed by atoms with Crippen molar-refractivity contribution in [2.75, 3.05) is 48.1 Å². The molecule has 7 nitrogen and oxygen atoms in total. The van der Waals surface area contributed by atoms with Crippen LogP contribution in [0.2, 0.25) is 0 Å². The second-order valence-corrected chi connectivity index (χ2v) is 8.82. The summed E-state index contributed by atoms with van der Waals surface area (Å²) in [7, 11) is 0. The van der Waals surface area contributed by atoms with Crippen LogP contribution in [0.5, 0.6) is 11.5 Å². The summed E-state index contributed by atoms with van der Waals surface area (Å²) in [5.74, 6) is -9.18. The fourth-order valence-electron chi connectivity index (χ4n) is 4.19. The van der Waals surface area contributed by atoms with E-state index in [0.29, 0.717) is 22.7 Å². The highest BCUT2D eigenvalue weighted by molar-refractivity contribution is 7.80. The molecule has 198 valence electrons. The van der Waals surface area contributed by atoms with Gasteiger partial charge in [-0.1, -0.05) is 0 Å². The van der Waals surface area contributed by atoms with Gasteiger partial charge in [0.2, 0.25) is 12.6 Å². The lowest BCUT2D eigenvalue weighted by Crippen LogP contribution is -2.47. The van der Waals surface area contributed by atoms with Gasteiger partial charge in [-0.15, -0.1) is 0 Å². The number of benzene rings is 3. The standard InChI is InChI=1S/C25H19F5N4O3S/c26-18-19(27)21(29)23(22(30)20(18)28)34-9-7-33(8-10-34)15-4-2-14(3-5-15)31-25(38)32-24(35)13-1-6-16-17(11-13)37-12-36-16/h1-6,11H,7-10,12H2,(H2,31,32,35,38). The molecule has 5 rings (SSSR count). The van der Waals surface area contributed by atoms with E-state index in [-0.39, 0.29) is 38.1 Å². The quantitative estimate of drug-likeness (QED) is 0.214. The number of hydrogen-bond acceptors (Lipinski definition) is 6. The highest BCUT2D eigenvalue weighted by atomic mass is 32.1. The van der Waals surface area contributed by atoms with Crippen LogP contribution in [0.4, 0.5) is 39.0 Å². The number of nitrogens with zero attached hydrogens (tertiary/aromatic N) is 2. The Morgan fingerprint density at radius 3 is 2.00 bits per heavy atom. The number of hydrogen-bond donors (Lipinski definition) is 2. The normalized spacial score (nSPS) is 14.4. The Hall–Kier alpha value is -4.13. The Kier molecular flexibility index (Phi) is 6.93. The lowest BCUT2D eigenvalue weighted by atomic mass is 10.2. The van der Waals surface area contributed by atoms with E-state index in [9.17, 15) is 26.7 Å². The predicted molar refractivity (Wildman–Crippen MR) is 133 cm³/mol. The first-order chi connectivity index (χ1) is 18.2. The molecule has 3 aromatic carbocycles. The van der Waals surface area contributed by atoms with Gasteiger partial charge in [0, 0.05) is 43.1 Å². The first kappa shape index (κ1) is 25.5. The number of halogens is 5. The van der Waals surface area contributed by atoms with E-state index in [4.69, 9.17) is 21.7 Å². The number of nitrogens with one attached hydrogen (secondary N) is 2. The Morgan fingerprint density at radius 1 is 0.763 bits per heavy atom. The summed E-state index contributed by atoms with van der Waals surface area (Å²) in [6.45, 7) is 0.770. The van der Waals surface area contributed by atoms with Gasteiger partial charge in [0.1, 0.15) is 5.69 Å². The lowest BCUT2D eigenvalue weighted by Gasteiger charge is -2.37. The summed E-state index contributed by atoms with van der Waals surface area (Å²) in [6.07, 6.45) is 0. The van der Waals surface area contributed by atoms with Gasteiger partial charge in [-0.05, 0) is 54.7 Å².